The summed E-state index contributed by atoms with van der Waals surface area (Å²) in [5, 5.41) is 6.69. The van der Waals surface area contributed by atoms with Gasteiger partial charge in [0.1, 0.15) is 17.6 Å². The lowest BCUT2D eigenvalue weighted by Crippen LogP contribution is -2.49. The second-order valence-electron chi connectivity index (χ2n) is 16.9. The van der Waals surface area contributed by atoms with E-state index in [2.05, 4.69) is 93.4 Å². The number of rotatable bonds is 12. The Labute approximate surface area is 352 Å². The molecule has 1 spiro atoms. The van der Waals surface area contributed by atoms with Gasteiger partial charge in [-0.25, -0.2) is 9.66 Å². The lowest BCUT2D eigenvalue weighted by atomic mass is 9.58. The molecule has 3 aliphatic carbocycles. The summed E-state index contributed by atoms with van der Waals surface area (Å²) in [6.45, 7) is 2.90. The number of benzene rings is 2. The number of anilines is 2. The number of amides is 2. The van der Waals surface area contributed by atoms with Crippen LogP contribution in [0.4, 0.5) is 11.4 Å². The van der Waals surface area contributed by atoms with Crippen LogP contribution < -0.4 is 36.3 Å². The van der Waals surface area contributed by atoms with Crippen molar-refractivity contribution in [2.45, 2.75) is 108 Å². The minimum atomic E-state index is -0.537. The highest BCUT2D eigenvalue weighted by Gasteiger charge is 2.48. The number of hydrogen-bond donors (Lipinski definition) is 4. The fraction of sp³-hybridized carbons (Fsp3) is 0.478. The van der Waals surface area contributed by atoms with Gasteiger partial charge >= 0.3 is 0 Å². The van der Waals surface area contributed by atoms with Crippen LogP contribution >= 0.6 is 11.6 Å². The van der Waals surface area contributed by atoms with E-state index in [1.54, 1.807) is 11.7 Å². The highest BCUT2D eigenvalue weighted by atomic mass is 35.5. The maximum Gasteiger partial charge on any atom is 0.268 e. The van der Waals surface area contributed by atoms with Crippen LogP contribution in [0, 0.1) is 5.41 Å². The Hall–Kier alpha value is -5.23. The van der Waals surface area contributed by atoms with Gasteiger partial charge in [-0.15, -0.1) is 0 Å². The van der Waals surface area contributed by atoms with Gasteiger partial charge in [-0.1, -0.05) is 56.3 Å². The Bertz CT molecular complexity index is 2180. The zero-order valence-corrected chi connectivity index (χ0v) is 35.5. The minimum absolute atomic E-state index is 0.0153. The topological polar surface area (TPSA) is 143 Å². The molecule has 13 heteroatoms. The molecule has 312 valence electrons. The van der Waals surface area contributed by atoms with Crippen LogP contribution in [0.5, 0.6) is 5.75 Å². The summed E-state index contributed by atoms with van der Waals surface area (Å²) in [5.41, 5.74) is 17.0. The maximum absolute atomic E-state index is 12.7. The first-order chi connectivity index (χ1) is 28.6. The fourth-order valence-corrected chi connectivity index (χ4v) is 9.76. The number of likely N-dealkylation sites (N-methyl/N-ethyl adjacent to an activating group) is 1. The third-order valence-corrected chi connectivity index (χ3v) is 13.3. The Morgan fingerprint density at radius 2 is 1.85 bits per heavy atom. The number of fused-ring (bicyclic) bond motifs is 2. The Balaban J connectivity index is 0.00000154. The molecule has 2 amide bonds. The van der Waals surface area contributed by atoms with Crippen LogP contribution in [0.2, 0.25) is 5.02 Å². The third-order valence-electron chi connectivity index (χ3n) is 13.0. The van der Waals surface area contributed by atoms with E-state index in [0.717, 1.165) is 91.1 Å². The van der Waals surface area contributed by atoms with E-state index in [-0.39, 0.29) is 24.1 Å². The van der Waals surface area contributed by atoms with Gasteiger partial charge in [-0.05, 0) is 110 Å². The lowest BCUT2D eigenvalue weighted by Gasteiger charge is -2.52. The normalized spacial score (nSPS) is 23.0. The Morgan fingerprint density at radius 3 is 2.51 bits per heavy atom. The SMILES string of the molecule is C1CC1.CCCC(C(=O)NC)c1cc(N(C)C2CCC3(CC2)CC(Oc2ccc(-c4cccc5c4CCN5C4C=C(NC)c5ncc(C(N)=O)n5N4)nc2)C3)ccc1Cl. The average Bonchev–Trinajstić information content (AvgIpc) is 3.96. The molecule has 0 bridgehead atoms. The van der Waals surface area contributed by atoms with E-state index in [0.29, 0.717) is 28.0 Å². The summed E-state index contributed by atoms with van der Waals surface area (Å²) in [5.74, 6) is 0.667. The van der Waals surface area contributed by atoms with Crippen molar-refractivity contribution in [1.82, 2.24) is 25.3 Å². The molecule has 2 atom stereocenters. The van der Waals surface area contributed by atoms with E-state index in [1.165, 1.54) is 43.9 Å². The van der Waals surface area contributed by atoms with Crippen LogP contribution in [0.1, 0.15) is 111 Å². The number of nitrogens with zero attached hydrogens (tertiary/aromatic N) is 5. The van der Waals surface area contributed by atoms with Gasteiger partial charge in [0.2, 0.25) is 5.91 Å². The maximum atomic E-state index is 12.7. The average molecular weight is 820 g/mol. The predicted molar refractivity (Wildman–Crippen MR) is 235 cm³/mol. The quantitative estimate of drug-likeness (QED) is 0.114. The number of carbonyl (C=O) groups excluding carboxylic acids is 2. The Kier molecular flexibility index (Phi) is 11.8. The number of nitrogens with one attached hydrogen (secondary N) is 3. The standard InChI is InChI=1S/C43H52ClN9O3.C3H6/c1-5-7-32(42(55)47-3)33-20-27(10-12-34(33)44)51(4)26-14-17-43(18-15-26)22-29(23-43)56-28-11-13-35(48-24-28)30-8-6-9-37-31(30)16-19-52(37)39-21-36(46-2)41-49-25-38(40(45)54)53(41)50-39;1-2-3-1/h6,8-13,20-21,24-26,29,32,39,46,50H,5,7,14-19,22-23H2,1-4H3,(H2,45,54)(H,47,55);1-3H2. The molecule has 9 rings (SSSR count). The molecule has 2 aliphatic heterocycles. The largest absolute Gasteiger partial charge is 0.489 e. The summed E-state index contributed by atoms with van der Waals surface area (Å²) in [6.07, 6.45) is 19.3. The molecule has 3 fully saturated rings. The van der Waals surface area contributed by atoms with Gasteiger partial charge in [0.05, 0.1) is 35.8 Å². The predicted octanol–water partition coefficient (Wildman–Crippen LogP) is 7.61. The van der Waals surface area contributed by atoms with Crippen LogP contribution in [-0.2, 0) is 11.2 Å². The molecule has 12 nitrogen and oxygen atoms in total. The molecule has 4 heterocycles. The van der Waals surface area contributed by atoms with Gasteiger partial charge in [0, 0.05) is 55.7 Å². The minimum Gasteiger partial charge on any atom is -0.489 e. The zero-order chi connectivity index (χ0) is 41.3. The Morgan fingerprint density at radius 1 is 1.07 bits per heavy atom. The van der Waals surface area contributed by atoms with Gasteiger partial charge in [-0.3, -0.25) is 20.0 Å². The number of aromatic nitrogens is 3. The van der Waals surface area contributed by atoms with E-state index in [4.69, 9.17) is 27.1 Å². The highest BCUT2D eigenvalue weighted by molar-refractivity contribution is 6.31. The molecule has 59 heavy (non-hydrogen) atoms. The first-order valence-electron chi connectivity index (χ1n) is 21.4. The van der Waals surface area contributed by atoms with Crippen LogP contribution in [0.3, 0.4) is 0 Å². The lowest BCUT2D eigenvalue weighted by molar-refractivity contribution is -0.122. The summed E-state index contributed by atoms with van der Waals surface area (Å²) in [7, 11) is 5.72. The van der Waals surface area contributed by atoms with Crippen molar-refractivity contribution in [3.05, 3.63) is 94.7 Å². The molecule has 5 N–H and O–H groups in total. The van der Waals surface area contributed by atoms with E-state index >= 15 is 0 Å². The number of nitrogens with two attached hydrogens (primary N) is 1. The smallest absolute Gasteiger partial charge is 0.268 e. The third kappa shape index (κ3) is 8.33. The van der Waals surface area contributed by atoms with Crippen LogP contribution in [0.15, 0.2) is 67.0 Å². The van der Waals surface area contributed by atoms with Crippen molar-refractivity contribution in [2.75, 3.05) is 42.9 Å². The number of pyridine rings is 1. The van der Waals surface area contributed by atoms with E-state index in [1.807, 2.05) is 19.3 Å². The molecule has 0 radical (unpaired) electrons. The van der Waals surface area contributed by atoms with Crippen LogP contribution in [-0.4, -0.2) is 72.5 Å². The van der Waals surface area contributed by atoms with Crippen molar-refractivity contribution >= 4 is 40.5 Å². The zero-order valence-electron chi connectivity index (χ0n) is 34.8. The number of carbonyl (C=O) groups is 2. The molecule has 5 aliphatic rings. The first-order valence-corrected chi connectivity index (χ1v) is 21.8. The molecule has 0 saturated heterocycles. The number of halogens is 1. The number of hydrogen-bond acceptors (Lipinski definition) is 9. The summed E-state index contributed by atoms with van der Waals surface area (Å²) < 4.78 is 8.15. The van der Waals surface area contributed by atoms with Gasteiger partial charge < -0.3 is 30.9 Å². The van der Waals surface area contributed by atoms with E-state index in [9.17, 15) is 9.59 Å². The van der Waals surface area contributed by atoms with Crippen molar-refractivity contribution in [3.63, 3.8) is 0 Å². The summed E-state index contributed by atoms with van der Waals surface area (Å²) in [6, 6.07) is 17.1. The molecule has 2 aromatic carbocycles. The number of primary amides is 1. The van der Waals surface area contributed by atoms with Crippen LogP contribution in [0.25, 0.3) is 17.0 Å². The summed E-state index contributed by atoms with van der Waals surface area (Å²) in [4.78, 5) is 38.8. The molecule has 2 unspecified atom stereocenters. The van der Waals surface area contributed by atoms with Gasteiger partial charge in [0.15, 0.2) is 5.82 Å². The highest BCUT2D eigenvalue weighted by Crippen LogP contribution is 2.53. The van der Waals surface area contributed by atoms with Crippen molar-refractivity contribution in [1.29, 1.82) is 0 Å². The second-order valence-corrected chi connectivity index (χ2v) is 17.3. The van der Waals surface area contributed by atoms with Gasteiger partial charge in [0.25, 0.3) is 5.91 Å². The second kappa shape index (κ2) is 17.2. The van der Waals surface area contributed by atoms with Crippen molar-refractivity contribution in [2.24, 2.45) is 11.1 Å². The fourth-order valence-electron chi connectivity index (χ4n) is 9.51. The molecular weight excluding hydrogens is 762 g/mol. The molecular formula is C46H58ClN9O3. The molecule has 4 aromatic rings. The van der Waals surface area contributed by atoms with Crippen molar-refractivity contribution < 1.29 is 14.3 Å². The monoisotopic (exact) mass is 819 g/mol. The van der Waals surface area contributed by atoms with E-state index < -0.39 is 5.91 Å². The molecule has 2 aromatic heterocycles. The first kappa shape index (κ1) is 40.5. The number of imidazole rings is 1. The molecule has 3 saturated carbocycles. The van der Waals surface area contributed by atoms with Gasteiger partial charge in [-0.2, -0.15) is 0 Å². The summed E-state index contributed by atoms with van der Waals surface area (Å²) >= 11 is 6.63. The van der Waals surface area contributed by atoms with Crippen molar-refractivity contribution in [3.8, 4) is 17.0 Å². The number of ether oxygens (including phenoxy) is 1.